The van der Waals surface area contributed by atoms with Crippen LogP contribution in [0, 0.1) is 16.0 Å². The van der Waals surface area contributed by atoms with Gasteiger partial charge in [-0.1, -0.05) is 6.92 Å². The molecule has 0 spiro atoms. The highest BCUT2D eigenvalue weighted by Crippen LogP contribution is 2.24. The zero-order valence-electron chi connectivity index (χ0n) is 11.3. The fourth-order valence-electron chi connectivity index (χ4n) is 2.41. The third-order valence-electron chi connectivity index (χ3n) is 3.71. The molecule has 1 heterocycles. The number of nitrogens with one attached hydrogen (secondary N) is 1. The molecule has 1 amide bonds. The van der Waals surface area contributed by atoms with Gasteiger partial charge in [-0.3, -0.25) is 14.9 Å². The highest BCUT2D eigenvalue weighted by molar-refractivity contribution is 5.99. The first-order valence-electron chi connectivity index (χ1n) is 6.68. The molecule has 0 aromatic carbocycles. The van der Waals surface area contributed by atoms with E-state index in [9.17, 15) is 14.9 Å². The fourth-order valence-corrected chi connectivity index (χ4v) is 2.41. The zero-order valence-corrected chi connectivity index (χ0v) is 11.3. The maximum Gasteiger partial charge on any atom is 0.288 e. The molecule has 1 aromatic heterocycles. The second-order valence-corrected chi connectivity index (χ2v) is 5.31. The van der Waals surface area contributed by atoms with Crippen LogP contribution >= 0.6 is 0 Å². The first-order chi connectivity index (χ1) is 9.47. The molecule has 2 rings (SSSR count). The normalized spacial score (nSPS) is 22.2. The summed E-state index contributed by atoms with van der Waals surface area (Å²) in [7, 11) is 0. The van der Waals surface area contributed by atoms with Crippen molar-refractivity contribution in [2.45, 2.75) is 38.6 Å². The Morgan fingerprint density at radius 1 is 1.45 bits per heavy atom. The smallest absolute Gasteiger partial charge is 0.288 e. The van der Waals surface area contributed by atoms with Gasteiger partial charge in [0.05, 0.1) is 10.5 Å². The number of rotatable bonds is 3. The summed E-state index contributed by atoms with van der Waals surface area (Å²) in [5, 5.41) is 13.6. The predicted molar refractivity (Wildman–Crippen MR) is 74.2 cm³/mol. The molecule has 1 aromatic rings. The first kappa shape index (κ1) is 14.2. The summed E-state index contributed by atoms with van der Waals surface area (Å²) < 4.78 is 0. The molecule has 7 nitrogen and oxygen atoms in total. The van der Waals surface area contributed by atoms with Gasteiger partial charge < -0.3 is 11.1 Å². The number of nitrogen functional groups attached to an aromatic ring is 1. The first-order valence-corrected chi connectivity index (χ1v) is 6.68. The van der Waals surface area contributed by atoms with Crippen molar-refractivity contribution in [3.63, 3.8) is 0 Å². The average Bonchev–Trinajstić information content (AvgIpc) is 2.41. The van der Waals surface area contributed by atoms with E-state index in [0.29, 0.717) is 5.92 Å². The van der Waals surface area contributed by atoms with Crippen molar-refractivity contribution in [3.05, 3.63) is 27.9 Å². The molecule has 108 valence electrons. The number of hydrogen-bond acceptors (Lipinski definition) is 5. The third-order valence-corrected chi connectivity index (χ3v) is 3.71. The van der Waals surface area contributed by atoms with E-state index in [2.05, 4.69) is 17.2 Å². The molecule has 0 radical (unpaired) electrons. The Labute approximate surface area is 116 Å². The van der Waals surface area contributed by atoms with Crippen molar-refractivity contribution >= 4 is 17.4 Å². The minimum atomic E-state index is -0.592. The Morgan fingerprint density at radius 2 is 2.10 bits per heavy atom. The number of hydrogen-bond donors (Lipinski definition) is 2. The summed E-state index contributed by atoms with van der Waals surface area (Å²) >= 11 is 0. The van der Waals surface area contributed by atoms with E-state index < -0.39 is 10.8 Å². The van der Waals surface area contributed by atoms with Crippen molar-refractivity contribution in [2.75, 3.05) is 5.73 Å². The van der Waals surface area contributed by atoms with Crippen LogP contribution in [0.5, 0.6) is 0 Å². The number of anilines is 1. The van der Waals surface area contributed by atoms with Crippen molar-refractivity contribution < 1.29 is 9.72 Å². The summed E-state index contributed by atoms with van der Waals surface area (Å²) in [6.45, 7) is 2.19. The van der Waals surface area contributed by atoms with Crippen molar-refractivity contribution in [2.24, 2.45) is 5.92 Å². The second kappa shape index (κ2) is 5.85. The Bertz CT molecular complexity index is 524. The van der Waals surface area contributed by atoms with Gasteiger partial charge in [-0.25, -0.2) is 4.98 Å². The molecule has 0 saturated heterocycles. The molecule has 1 aliphatic rings. The lowest BCUT2D eigenvalue weighted by molar-refractivity contribution is -0.385. The van der Waals surface area contributed by atoms with Crippen LogP contribution in [0.25, 0.3) is 0 Å². The van der Waals surface area contributed by atoms with Crippen molar-refractivity contribution in [1.29, 1.82) is 0 Å². The van der Waals surface area contributed by atoms with Crippen molar-refractivity contribution in [3.8, 4) is 0 Å². The molecule has 0 aliphatic heterocycles. The van der Waals surface area contributed by atoms with Gasteiger partial charge in [0.25, 0.3) is 11.6 Å². The number of nitrogens with zero attached hydrogens (tertiary/aromatic N) is 2. The van der Waals surface area contributed by atoms with Gasteiger partial charge in [-0.2, -0.15) is 0 Å². The van der Waals surface area contributed by atoms with Gasteiger partial charge in [0.1, 0.15) is 12.0 Å². The topological polar surface area (TPSA) is 111 Å². The maximum atomic E-state index is 12.1. The summed E-state index contributed by atoms with van der Waals surface area (Å²) in [4.78, 5) is 26.0. The molecule has 0 unspecified atom stereocenters. The van der Waals surface area contributed by atoms with E-state index in [-0.39, 0.29) is 23.1 Å². The van der Waals surface area contributed by atoms with Crippen LogP contribution in [-0.4, -0.2) is 21.9 Å². The number of nitro groups is 1. The van der Waals surface area contributed by atoms with Crippen LogP contribution in [0.2, 0.25) is 0 Å². The van der Waals surface area contributed by atoms with Crippen LogP contribution in [0.1, 0.15) is 43.0 Å². The highest BCUT2D eigenvalue weighted by atomic mass is 16.6. The Morgan fingerprint density at radius 3 is 2.70 bits per heavy atom. The van der Waals surface area contributed by atoms with E-state index in [1.54, 1.807) is 0 Å². The lowest BCUT2D eigenvalue weighted by atomic mass is 9.87. The quantitative estimate of drug-likeness (QED) is 0.647. The average molecular weight is 278 g/mol. The third kappa shape index (κ3) is 3.23. The maximum absolute atomic E-state index is 12.1. The Kier molecular flexibility index (Phi) is 4.16. The van der Waals surface area contributed by atoms with E-state index >= 15 is 0 Å². The molecule has 1 fully saturated rings. The molecule has 3 N–H and O–H groups in total. The number of carbonyl (C=O) groups excluding carboxylic acids is 1. The van der Waals surface area contributed by atoms with Gasteiger partial charge in [-0.05, 0) is 31.6 Å². The minimum absolute atomic E-state index is 0.0114. The summed E-state index contributed by atoms with van der Waals surface area (Å²) in [5.74, 6) is 0.309. The zero-order chi connectivity index (χ0) is 14.7. The predicted octanol–water partition coefficient (Wildman–Crippen LogP) is 1.88. The molecule has 7 heteroatoms. The summed E-state index contributed by atoms with van der Waals surface area (Å²) in [5.41, 5.74) is 5.46. The lowest BCUT2D eigenvalue weighted by Crippen LogP contribution is -2.37. The standard InChI is InChI=1S/C13H18N4O3/c1-8-2-4-9(5-3-8)16-13(18)11-6-10(17(19)20)7-15-12(11)14/h6-9H,2-5H2,1H3,(H2,14,15)(H,16,18). The molecular formula is C13H18N4O3. The van der Waals surface area contributed by atoms with Gasteiger partial charge in [0.2, 0.25) is 0 Å². The van der Waals surface area contributed by atoms with Gasteiger partial charge in [0, 0.05) is 12.1 Å². The Hall–Kier alpha value is -2.18. The monoisotopic (exact) mass is 278 g/mol. The molecular weight excluding hydrogens is 260 g/mol. The number of amides is 1. The number of nitrogens with two attached hydrogens (primary N) is 1. The lowest BCUT2D eigenvalue weighted by Gasteiger charge is -2.26. The van der Waals surface area contributed by atoms with E-state index in [0.717, 1.165) is 31.9 Å². The number of pyridine rings is 1. The van der Waals surface area contributed by atoms with Gasteiger partial charge >= 0.3 is 0 Å². The van der Waals surface area contributed by atoms with Crippen LogP contribution in [-0.2, 0) is 0 Å². The molecule has 1 aliphatic carbocycles. The summed E-state index contributed by atoms with van der Waals surface area (Å²) in [6.07, 6.45) is 5.06. The number of carbonyl (C=O) groups is 1. The van der Waals surface area contributed by atoms with Crippen LogP contribution in [0.3, 0.4) is 0 Å². The van der Waals surface area contributed by atoms with Gasteiger partial charge in [-0.15, -0.1) is 0 Å². The van der Waals surface area contributed by atoms with Crippen LogP contribution in [0.4, 0.5) is 11.5 Å². The second-order valence-electron chi connectivity index (χ2n) is 5.31. The molecule has 1 saturated carbocycles. The van der Waals surface area contributed by atoms with Gasteiger partial charge in [0.15, 0.2) is 0 Å². The Balaban J connectivity index is 2.08. The summed E-state index contributed by atoms with van der Waals surface area (Å²) in [6, 6.07) is 1.28. The number of aromatic nitrogens is 1. The molecule has 0 bridgehead atoms. The SMILES string of the molecule is CC1CCC(NC(=O)c2cc([N+](=O)[O-])cnc2N)CC1. The highest BCUT2D eigenvalue weighted by Gasteiger charge is 2.22. The molecule has 0 atom stereocenters. The van der Waals surface area contributed by atoms with E-state index in [1.165, 1.54) is 6.07 Å². The van der Waals surface area contributed by atoms with Crippen LogP contribution in [0.15, 0.2) is 12.3 Å². The van der Waals surface area contributed by atoms with E-state index in [1.807, 2.05) is 0 Å². The van der Waals surface area contributed by atoms with Crippen LogP contribution < -0.4 is 11.1 Å². The largest absolute Gasteiger partial charge is 0.383 e. The van der Waals surface area contributed by atoms with E-state index in [4.69, 9.17) is 5.73 Å². The van der Waals surface area contributed by atoms with Crippen molar-refractivity contribution in [1.82, 2.24) is 10.3 Å². The minimum Gasteiger partial charge on any atom is -0.383 e. The fraction of sp³-hybridized carbons (Fsp3) is 0.538. The molecule has 20 heavy (non-hydrogen) atoms.